The van der Waals surface area contributed by atoms with Crippen LogP contribution in [0.15, 0.2) is 60.7 Å². The van der Waals surface area contributed by atoms with Gasteiger partial charge in [0.15, 0.2) is 0 Å². The summed E-state index contributed by atoms with van der Waals surface area (Å²) in [6.07, 6.45) is 0. The molecule has 0 bridgehead atoms. The first-order valence-electron chi connectivity index (χ1n) is 7.62. The van der Waals surface area contributed by atoms with E-state index in [-0.39, 0.29) is 5.82 Å². The largest absolute Gasteiger partial charge is 0.277 e. The SMILES string of the molecule is Cc1cc(-c2n[nH]c3cc(-c4cccc(Cl)c4)ccc23)ccc1F. The van der Waals surface area contributed by atoms with Crippen LogP contribution in [0.2, 0.25) is 5.02 Å². The zero-order chi connectivity index (χ0) is 16.7. The molecule has 0 radical (unpaired) electrons. The summed E-state index contributed by atoms with van der Waals surface area (Å²) in [4.78, 5) is 0. The van der Waals surface area contributed by atoms with Gasteiger partial charge in [0.1, 0.15) is 5.82 Å². The van der Waals surface area contributed by atoms with E-state index in [1.807, 2.05) is 48.5 Å². The number of fused-ring (bicyclic) bond motifs is 1. The lowest BCUT2D eigenvalue weighted by atomic mass is 10.0. The molecule has 0 atom stereocenters. The number of nitrogens with one attached hydrogen (secondary N) is 1. The van der Waals surface area contributed by atoms with Gasteiger partial charge in [0.25, 0.3) is 0 Å². The fourth-order valence-corrected chi connectivity index (χ4v) is 3.07. The highest BCUT2D eigenvalue weighted by atomic mass is 35.5. The Bertz CT molecular complexity index is 1050. The Hall–Kier alpha value is -2.65. The fourth-order valence-electron chi connectivity index (χ4n) is 2.88. The molecule has 1 aromatic heterocycles. The van der Waals surface area contributed by atoms with Gasteiger partial charge in [-0.25, -0.2) is 4.39 Å². The summed E-state index contributed by atoms with van der Waals surface area (Å²) >= 11 is 6.07. The van der Waals surface area contributed by atoms with Crippen molar-refractivity contribution in [3.63, 3.8) is 0 Å². The van der Waals surface area contributed by atoms with Crippen LogP contribution in [-0.4, -0.2) is 10.2 Å². The molecule has 4 rings (SSSR count). The maximum absolute atomic E-state index is 13.5. The minimum Gasteiger partial charge on any atom is -0.277 e. The highest BCUT2D eigenvalue weighted by Crippen LogP contribution is 2.31. The highest BCUT2D eigenvalue weighted by molar-refractivity contribution is 6.30. The first kappa shape index (κ1) is 14.9. The molecule has 4 aromatic rings. The van der Waals surface area contributed by atoms with Crippen molar-refractivity contribution in [3.8, 4) is 22.4 Å². The lowest BCUT2D eigenvalue weighted by molar-refractivity contribution is 0.619. The normalized spacial score (nSPS) is 11.1. The zero-order valence-electron chi connectivity index (χ0n) is 13.0. The van der Waals surface area contributed by atoms with E-state index in [0.29, 0.717) is 10.6 Å². The van der Waals surface area contributed by atoms with E-state index in [1.165, 1.54) is 6.07 Å². The van der Waals surface area contributed by atoms with Gasteiger partial charge in [0, 0.05) is 16.0 Å². The lowest BCUT2D eigenvalue weighted by Gasteiger charge is -2.04. The van der Waals surface area contributed by atoms with Crippen molar-refractivity contribution in [2.24, 2.45) is 0 Å². The van der Waals surface area contributed by atoms with Gasteiger partial charge in [0.05, 0.1) is 11.2 Å². The second-order valence-corrected chi connectivity index (χ2v) is 6.24. The van der Waals surface area contributed by atoms with E-state index < -0.39 is 0 Å². The van der Waals surface area contributed by atoms with Gasteiger partial charge in [-0.1, -0.05) is 29.8 Å². The van der Waals surface area contributed by atoms with Crippen LogP contribution in [0.1, 0.15) is 5.56 Å². The number of hydrogen-bond acceptors (Lipinski definition) is 1. The minimum atomic E-state index is -0.207. The van der Waals surface area contributed by atoms with Crippen LogP contribution in [0.25, 0.3) is 33.3 Å². The average Bonchev–Trinajstić information content (AvgIpc) is 3.00. The third-order valence-corrected chi connectivity index (χ3v) is 4.39. The molecule has 0 aliphatic heterocycles. The summed E-state index contributed by atoms with van der Waals surface area (Å²) in [5.41, 5.74) is 5.39. The Labute approximate surface area is 143 Å². The summed E-state index contributed by atoms with van der Waals surface area (Å²) in [6, 6.07) is 18.9. The Balaban J connectivity index is 1.82. The minimum absolute atomic E-state index is 0.207. The van der Waals surface area contributed by atoms with Gasteiger partial charge in [0.2, 0.25) is 0 Å². The van der Waals surface area contributed by atoms with Crippen molar-refractivity contribution in [2.45, 2.75) is 6.92 Å². The summed E-state index contributed by atoms with van der Waals surface area (Å²) < 4.78 is 13.5. The van der Waals surface area contributed by atoms with E-state index in [4.69, 9.17) is 11.6 Å². The molecule has 118 valence electrons. The topological polar surface area (TPSA) is 28.7 Å². The van der Waals surface area contributed by atoms with Crippen molar-refractivity contribution in [1.29, 1.82) is 0 Å². The van der Waals surface area contributed by atoms with Gasteiger partial charge < -0.3 is 0 Å². The lowest BCUT2D eigenvalue weighted by Crippen LogP contribution is -1.85. The standard InChI is InChI=1S/C20H14ClFN2/c1-12-9-15(6-8-18(12)22)20-17-7-5-14(11-19(17)23-24-20)13-3-2-4-16(21)10-13/h2-11H,1H3,(H,23,24). The van der Waals surface area contributed by atoms with Gasteiger partial charge in [-0.2, -0.15) is 5.10 Å². The number of aromatic nitrogens is 2. The number of aryl methyl sites for hydroxylation is 1. The number of H-pyrrole nitrogens is 1. The van der Waals surface area contributed by atoms with Crippen LogP contribution in [0.3, 0.4) is 0 Å². The summed E-state index contributed by atoms with van der Waals surface area (Å²) in [5, 5.41) is 9.20. The monoisotopic (exact) mass is 336 g/mol. The number of benzene rings is 3. The predicted molar refractivity (Wildman–Crippen MR) is 96.7 cm³/mol. The van der Waals surface area contributed by atoms with Crippen LogP contribution >= 0.6 is 11.6 Å². The summed E-state index contributed by atoms with van der Waals surface area (Å²) in [6.45, 7) is 1.75. The Morgan fingerprint density at radius 3 is 2.50 bits per heavy atom. The molecule has 1 N–H and O–H groups in total. The number of halogens is 2. The van der Waals surface area contributed by atoms with Crippen LogP contribution in [-0.2, 0) is 0 Å². The van der Waals surface area contributed by atoms with Crippen LogP contribution < -0.4 is 0 Å². The zero-order valence-corrected chi connectivity index (χ0v) is 13.7. The molecule has 0 amide bonds. The molecule has 1 heterocycles. The van der Waals surface area contributed by atoms with Crippen molar-refractivity contribution >= 4 is 22.5 Å². The Morgan fingerprint density at radius 2 is 1.71 bits per heavy atom. The second kappa shape index (κ2) is 5.77. The quantitative estimate of drug-likeness (QED) is 0.478. The molecule has 3 aromatic carbocycles. The molecule has 2 nitrogen and oxygen atoms in total. The van der Waals surface area contributed by atoms with E-state index in [1.54, 1.807) is 13.0 Å². The number of aromatic amines is 1. The van der Waals surface area contributed by atoms with Gasteiger partial charge in [-0.15, -0.1) is 0 Å². The molecule has 0 aliphatic carbocycles. The van der Waals surface area contributed by atoms with Gasteiger partial charge in [-0.3, -0.25) is 5.10 Å². The van der Waals surface area contributed by atoms with Gasteiger partial charge >= 0.3 is 0 Å². The predicted octanol–water partition coefficient (Wildman–Crippen LogP) is 6.00. The third-order valence-electron chi connectivity index (χ3n) is 4.15. The van der Waals surface area contributed by atoms with Crippen molar-refractivity contribution in [2.75, 3.05) is 0 Å². The molecule has 24 heavy (non-hydrogen) atoms. The smallest absolute Gasteiger partial charge is 0.126 e. The Kier molecular flexibility index (Phi) is 3.58. The first-order valence-corrected chi connectivity index (χ1v) is 8.00. The fraction of sp³-hybridized carbons (Fsp3) is 0.0500. The van der Waals surface area contributed by atoms with E-state index in [0.717, 1.165) is 33.3 Å². The summed E-state index contributed by atoms with van der Waals surface area (Å²) in [7, 11) is 0. The van der Waals surface area contributed by atoms with Crippen LogP contribution in [0.4, 0.5) is 4.39 Å². The van der Waals surface area contributed by atoms with E-state index in [9.17, 15) is 4.39 Å². The molecule has 0 spiro atoms. The van der Waals surface area contributed by atoms with Crippen LogP contribution in [0, 0.1) is 12.7 Å². The van der Waals surface area contributed by atoms with Crippen molar-refractivity contribution < 1.29 is 4.39 Å². The maximum Gasteiger partial charge on any atom is 0.126 e. The van der Waals surface area contributed by atoms with Crippen LogP contribution in [0.5, 0.6) is 0 Å². The van der Waals surface area contributed by atoms with Gasteiger partial charge in [-0.05, 0) is 66.1 Å². The molecular weight excluding hydrogens is 323 g/mol. The van der Waals surface area contributed by atoms with E-state index in [2.05, 4.69) is 10.2 Å². The molecular formula is C20H14ClFN2. The van der Waals surface area contributed by atoms with Crippen molar-refractivity contribution in [3.05, 3.63) is 77.1 Å². The van der Waals surface area contributed by atoms with E-state index >= 15 is 0 Å². The third kappa shape index (κ3) is 2.57. The number of hydrogen-bond donors (Lipinski definition) is 1. The summed E-state index contributed by atoms with van der Waals surface area (Å²) in [5.74, 6) is -0.207. The maximum atomic E-state index is 13.5. The molecule has 0 saturated heterocycles. The molecule has 4 heteroatoms. The number of rotatable bonds is 2. The first-order chi connectivity index (χ1) is 11.6. The molecule has 0 fully saturated rings. The molecule has 0 aliphatic rings. The highest BCUT2D eigenvalue weighted by Gasteiger charge is 2.11. The number of nitrogens with zero attached hydrogens (tertiary/aromatic N) is 1. The second-order valence-electron chi connectivity index (χ2n) is 5.81. The Morgan fingerprint density at radius 1 is 0.917 bits per heavy atom. The molecule has 0 saturated carbocycles. The van der Waals surface area contributed by atoms with Crippen molar-refractivity contribution in [1.82, 2.24) is 10.2 Å². The average molecular weight is 337 g/mol. The molecule has 0 unspecified atom stereocenters.